The fourth-order valence-corrected chi connectivity index (χ4v) is 5.37. The van der Waals surface area contributed by atoms with Gasteiger partial charge >= 0.3 is 5.97 Å². The van der Waals surface area contributed by atoms with Crippen molar-refractivity contribution in [2.75, 3.05) is 34.7 Å². The van der Waals surface area contributed by atoms with E-state index in [1.807, 2.05) is 12.1 Å². The number of carbonyl (C=O) groups excluding carboxylic acids is 1. The summed E-state index contributed by atoms with van der Waals surface area (Å²) in [7, 11) is 4.28. The lowest BCUT2D eigenvalue weighted by atomic mass is 9.64. The largest absolute Gasteiger partial charge is 0.502 e. The maximum atomic E-state index is 12.1. The minimum absolute atomic E-state index is 0.0626. The highest BCUT2D eigenvalue weighted by atomic mass is 16.7. The van der Waals surface area contributed by atoms with Gasteiger partial charge in [-0.1, -0.05) is 0 Å². The zero-order valence-electron chi connectivity index (χ0n) is 18.6. The second-order valence-corrected chi connectivity index (χ2v) is 8.42. The minimum Gasteiger partial charge on any atom is -0.502 e. The number of aromatic hydroxyl groups is 1. The number of carbonyl (C=O) groups is 1. The lowest BCUT2D eigenvalue weighted by molar-refractivity contribution is -0.143. The summed E-state index contributed by atoms with van der Waals surface area (Å²) in [4.78, 5) is 12.1. The molecule has 1 saturated heterocycles. The Hall–Kier alpha value is -3.17. The van der Waals surface area contributed by atoms with Crippen LogP contribution in [0.4, 0.5) is 0 Å². The van der Waals surface area contributed by atoms with Crippen molar-refractivity contribution in [2.45, 2.75) is 24.5 Å². The van der Waals surface area contributed by atoms with E-state index in [9.17, 15) is 15.0 Å². The third-order valence-electron chi connectivity index (χ3n) is 6.91. The van der Waals surface area contributed by atoms with Gasteiger partial charge in [-0.25, -0.2) is 0 Å². The van der Waals surface area contributed by atoms with Crippen molar-refractivity contribution in [3.8, 4) is 28.7 Å². The van der Waals surface area contributed by atoms with Crippen LogP contribution in [0.15, 0.2) is 24.3 Å². The highest BCUT2D eigenvalue weighted by Gasteiger charge is 2.52. The molecule has 0 amide bonds. The third-order valence-corrected chi connectivity index (χ3v) is 6.91. The van der Waals surface area contributed by atoms with Gasteiger partial charge in [-0.15, -0.1) is 0 Å². The quantitative estimate of drug-likeness (QED) is 0.653. The fourth-order valence-electron chi connectivity index (χ4n) is 5.37. The summed E-state index contributed by atoms with van der Waals surface area (Å²) in [6, 6.07) is 7.19. The van der Waals surface area contributed by atoms with E-state index in [0.717, 1.165) is 16.7 Å². The van der Waals surface area contributed by atoms with Crippen LogP contribution in [0.5, 0.6) is 28.7 Å². The van der Waals surface area contributed by atoms with E-state index < -0.39 is 12.2 Å². The number of rotatable bonds is 5. The Morgan fingerprint density at radius 2 is 1.67 bits per heavy atom. The fraction of sp³-hybridized carbons (Fsp3) is 0.458. The number of fused-ring (bicyclic) bond motifs is 3. The number of hydrogen-bond acceptors (Lipinski definition) is 9. The number of phenols is 1. The summed E-state index contributed by atoms with van der Waals surface area (Å²) in [6.45, 7) is 0.408. The maximum absolute atomic E-state index is 12.1. The Labute approximate surface area is 190 Å². The van der Waals surface area contributed by atoms with E-state index in [4.69, 9.17) is 28.4 Å². The van der Waals surface area contributed by atoms with Crippen molar-refractivity contribution >= 4 is 5.97 Å². The molecule has 2 aromatic carbocycles. The summed E-state index contributed by atoms with van der Waals surface area (Å²) < 4.78 is 32.9. The molecular formula is C24H26O9. The number of phenolic OH excluding ortho intramolecular Hbond substituents is 1. The minimum atomic E-state index is -0.806. The Bertz CT molecular complexity index is 1060. The molecule has 2 aliphatic heterocycles. The van der Waals surface area contributed by atoms with Crippen LogP contribution in [-0.2, 0) is 14.3 Å². The zero-order chi connectivity index (χ0) is 23.3. The number of esters is 1. The average molecular weight is 458 g/mol. The predicted molar refractivity (Wildman–Crippen MR) is 114 cm³/mol. The molecular weight excluding hydrogens is 432 g/mol. The maximum Gasteiger partial charge on any atom is 0.308 e. The molecule has 5 rings (SSSR count). The summed E-state index contributed by atoms with van der Waals surface area (Å²) in [5.41, 5.74) is 2.35. The Kier molecular flexibility index (Phi) is 5.46. The molecule has 1 fully saturated rings. The molecule has 9 heteroatoms. The first-order valence-corrected chi connectivity index (χ1v) is 10.7. The number of methoxy groups -OCH3 is 3. The van der Waals surface area contributed by atoms with E-state index in [0.29, 0.717) is 18.1 Å². The van der Waals surface area contributed by atoms with Gasteiger partial charge in [0.1, 0.15) is 0 Å². The van der Waals surface area contributed by atoms with Crippen LogP contribution in [-0.4, -0.2) is 57.0 Å². The van der Waals surface area contributed by atoms with Gasteiger partial charge in [0.2, 0.25) is 12.5 Å². The molecule has 2 aromatic rings. The molecule has 0 aromatic heterocycles. The molecule has 33 heavy (non-hydrogen) atoms. The molecule has 0 saturated carbocycles. The summed E-state index contributed by atoms with van der Waals surface area (Å²) >= 11 is 0. The number of ether oxygens (including phenoxy) is 6. The molecule has 0 radical (unpaired) electrons. The number of aliphatic hydroxyl groups excluding tert-OH is 1. The van der Waals surface area contributed by atoms with E-state index in [1.165, 1.54) is 21.3 Å². The Morgan fingerprint density at radius 3 is 2.27 bits per heavy atom. The monoisotopic (exact) mass is 458 g/mol. The number of hydrogen-bond donors (Lipinski definition) is 2. The molecule has 1 unspecified atom stereocenters. The smallest absolute Gasteiger partial charge is 0.308 e. The second kappa shape index (κ2) is 8.31. The molecule has 5 atom stereocenters. The van der Waals surface area contributed by atoms with Crippen molar-refractivity contribution in [3.63, 3.8) is 0 Å². The zero-order valence-corrected chi connectivity index (χ0v) is 18.6. The first kappa shape index (κ1) is 21.7. The van der Waals surface area contributed by atoms with Crippen LogP contribution in [0.25, 0.3) is 0 Å². The topological polar surface area (TPSA) is 113 Å². The van der Waals surface area contributed by atoms with Crippen LogP contribution in [0, 0.1) is 11.8 Å². The van der Waals surface area contributed by atoms with E-state index >= 15 is 0 Å². The number of aliphatic hydroxyl groups is 1. The van der Waals surface area contributed by atoms with Crippen molar-refractivity contribution in [3.05, 3.63) is 41.0 Å². The average Bonchev–Trinajstić information content (AvgIpc) is 3.45. The van der Waals surface area contributed by atoms with E-state index in [2.05, 4.69) is 0 Å². The molecule has 0 spiro atoms. The van der Waals surface area contributed by atoms with E-state index in [1.54, 1.807) is 12.1 Å². The lowest BCUT2D eigenvalue weighted by Crippen LogP contribution is -2.37. The van der Waals surface area contributed by atoms with Crippen molar-refractivity contribution in [1.29, 1.82) is 0 Å². The number of benzene rings is 2. The van der Waals surface area contributed by atoms with Gasteiger partial charge in [-0.2, -0.15) is 0 Å². The van der Waals surface area contributed by atoms with Crippen molar-refractivity contribution in [2.24, 2.45) is 11.8 Å². The van der Waals surface area contributed by atoms with Gasteiger partial charge in [0.05, 0.1) is 46.6 Å². The molecule has 176 valence electrons. The molecule has 3 aliphatic rings. The van der Waals surface area contributed by atoms with Crippen molar-refractivity contribution in [1.82, 2.24) is 0 Å². The van der Waals surface area contributed by atoms with Crippen LogP contribution in [0.1, 0.15) is 35.1 Å². The molecule has 2 N–H and O–H groups in total. The van der Waals surface area contributed by atoms with Gasteiger partial charge in [-0.05, 0) is 41.0 Å². The Morgan fingerprint density at radius 1 is 1.03 bits per heavy atom. The van der Waals surface area contributed by atoms with Gasteiger partial charge in [-0.3, -0.25) is 4.79 Å². The standard InChI is InChI=1S/C24H26O9/c1-28-18-4-11(5-19(29-2)24(18)27)21-12-6-15-16(33-10-32-15)7-13(12)23(26)14-9-31-17(22(14)21)8-20(25)30-3/h4-7,14,17,21-23,26-27H,8-10H2,1-3H3/t14-,17?,21+,22+,23+/m0/s1. The van der Waals surface area contributed by atoms with Crippen LogP contribution in [0.2, 0.25) is 0 Å². The van der Waals surface area contributed by atoms with Gasteiger partial charge < -0.3 is 38.6 Å². The van der Waals surface area contributed by atoms with Crippen LogP contribution >= 0.6 is 0 Å². The highest BCUT2D eigenvalue weighted by molar-refractivity contribution is 5.70. The van der Waals surface area contributed by atoms with Gasteiger partial charge in [0.25, 0.3) is 0 Å². The van der Waals surface area contributed by atoms with Crippen molar-refractivity contribution < 1.29 is 43.4 Å². The third kappa shape index (κ3) is 3.43. The molecule has 0 bridgehead atoms. The SMILES string of the molecule is COC(=O)CC1OC[C@H]2[C@H]1[C@H](c1cc(OC)c(O)c(OC)c1)c1cc3c(cc1[C@H]2O)OCO3. The van der Waals surface area contributed by atoms with Crippen LogP contribution < -0.4 is 18.9 Å². The first-order valence-electron chi connectivity index (χ1n) is 10.7. The molecule has 9 nitrogen and oxygen atoms in total. The molecule has 2 heterocycles. The Balaban J connectivity index is 1.70. The predicted octanol–water partition coefficient (Wildman–Crippen LogP) is 2.51. The van der Waals surface area contributed by atoms with Gasteiger partial charge in [0.15, 0.2) is 23.0 Å². The summed E-state index contributed by atoms with van der Waals surface area (Å²) in [5.74, 6) is 0.400. The van der Waals surface area contributed by atoms with Crippen LogP contribution in [0.3, 0.4) is 0 Å². The van der Waals surface area contributed by atoms with E-state index in [-0.39, 0.29) is 54.2 Å². The normalized spacial score (nSPS) is 27.0. The lowest BCUT2D eigenvalue weighted by Gasteiger charge is -2.40. The summed E-state index contributed by atoms with van der Waals surface area (Å²) in [6.07, 6.45) is -1.21. The van der Waals surface area contributed by atoms with Gasteiger partial charge in [0, 0.05) is 17.8 Å². The second-order valence-electron chi connectivity index (χ2n) is 8.42. The molecule has 1 aliphatic carbocycles. The highest BCUT2D eigenvalue weighted by Crippen LogP contribution is 2.57. The summed E-state index contributed by atoms with van der Waals surface area (Å²) in [5, 5.41) is 21.8. The first-order chi connectivity index (χ1) is 16.0.